The van der Waals surface area contributed by atoms with Crippen molar-refractivity contribution in [2.75, 3.05) is 38.2 Å². The molecule has 1 aromatic carbocycles. The van der Waals surface area contributed by atoms with Crippen molar-refractivity contribution in [2.24, 2.45) is 5.73 Å². The van der Waals surface area contributed by atoms with Crippen LogP contribution in [0, 0.1) is 0 Å². The van der Waals surface area contributed by atoms with Gasteiger partial charge in [0.25, 0.3) is 5.91 Å². The molecule has 11 heteroatoms. The molecule has 0 aliphatic carbocycles. The Morgan fingerprint density at radius 2 is 1.71 bits per heavy atom. The summed E-state index contributed by atoms with van der Waals surface area (Å²) in [6.45, 7) is 1.51. The van der Waals surface area contributed by atoms with Gasteiger partial charge in [0.05, 0.1) is 17.6 Å². The number of anilines is 1. The lowest BCUT2D eigenvalue weighted by Crippen LogP contribution is -2.49. The summed E-state index contributed by atoms with van der Waals surface area (Å²) >= 11 is 0. The zero-order valence-corrected chi connectivity index (χ0v) is 17.7. The van der Waals surface area contributed by atoms with Crippen LogP contribution in [0.4, 0.5) is 5.82 Å². The van der Waals surface area contributed by atoms with Crippen LogP contribution in [0.15, 0.2) is 60.0 Å². The molecule has 0 unspecified atom stereocenters. The maximum absolute atomic E-state index is 13.1. The summed E-state index contributed by atoms with van der Waals surface area (Å²) in [4.78, 5) is 22.3. The SMILES string of the molecule is COc1ccc(S(=O)(=O)N2CCN(c3cc(-n4cccc4)ncn3)CC2)cc1C(N)=O. The van der Waals surface area contributed by atoms with E-state index in [1.807, 2.05) is 40.1 Å². The highest BCUT2D eigenvalue weighted by atomic mass is 32.2. The van der Waals surface area contributed by atoms with Gasteiger partial charge in [-0.3, -0.25) is 4.79 Å². The number of aromatic nitrogens is 3. The van der Waals surface area contributed by atoms with Gasteiger partial charge in [-0.15, -0.1) is 0 Å². The summed E-state index contributed by atoms with van der Waals surface area (Å²) in [6, 6.07) is 9.81. The lowest BCUT2D eigenvalue weighted by atomic mass is 10.2. The van der Waals surface area contributed by atoms with Crippen molar-refractivity contribution in [3.63, 3.8) is 0 Å². The largest absolute Gasteiger partial charge is 0.496 e. The van der Waals surface area contributed by atoms with Gasteiger partial charge >= 0.3 is 0 Å². The maximum atomic E-state index is 13.1. The van der Waals surface area contributed by atoms with Crippen LogP contribution in [-0.2, 0) is 10.0 Å². The number of hydrogen-bond acceptors (Lipinski definition) is 7. The molecule has 0 atom stereocenters. The molecule has 0 bridgehead atoms. The molecule has 0 saturated carbocycles. The van der Waals surface area contributed by atoms with E-state index >= 15 is 0 Å². The van der Waals surface area contributed by atoms with E-state index in [4.69, 9.17) is 10.5 Å². The Morgan fingerprint density at radius 3 is 2.35 bits per heavy atom. The molecule has 1 aliphatic heterocycles. The van der Waals surface area contributed by atoms with E-state index in [1.54, 1.807) is 0 Å². The average Bonchev–Trinajstić information content (AvgIpc) is 3.34. The van der Waals surface area contributed by atoms with E-state index in [0.717, 1.165) is 11.6 Å². The number of nitrogens with zero attached hydrogens (tertiary/aromatic N) is 5. The molecule has 3 heterocycles. The highest BCUT2D eigenvalue weighted by Gasteiger charge is 2.30. The fourth-order valence-corrected chi connectivity index (χ4v) is 4.93. The fraction of sp³-hybridized carbons (Fsp3) is 0.250. The van der Waals surface area contributed by atoms with Crippen LogP contribution in [0.5, 0.6) is 5.75 Å². The molecule has 1 saturated heterocycles. The third-order valence-electron chi connectivity index (χ3n) is 5.14. The number of nitrogens with two attached hydrogens (primary N) is 1. The van der Waals surface area contributed by atoms with Gasteiger partial charge in [0.1, 0.15) is 23.7 Å². The van der Waals surface area contributed by atoms with Gasteiger partial charge < -0.3 is 19.9 Å². The van der Waals surface area contributed by atoms with Crippen LogP contribution < -0.4 is 15.4 Å². The monoisotopic (exact) mass is 442 g/mol. The van der Waals surface area contributed by atoms with Crippen LogP contribution in [0.25, 0.3) is 5.82 Å². The second kappa shape index (κ2) is 8.36. The molecule has 0 spiro atoms. The van der Waals surface area contributed by atoms with Crippen molar-refractivity contribution < 1.29 is 17.9 Å². The Labute approximate surface area is 179 Å². The molecule has 3 aromatic rings. The Morgan fingerprint density at radius 1 is 1.03 bits per heavy atom. The topological polar surface area (TPSA) is 124 Å². The van der Waals surface area contributed by atoms with E-state index < -0.39 is 15.9 Å². The Balaban J connectivity index is 1.50. The molecule has 162 valence electrons. The van der Waals surface area contributed by atoms with Crippen molar-refractivity contribution in [3.05, 3.63) is 60.7 Å². The normalized spacial score (nSPS) is 15.1. The quantitative estimate of drug-likeness (QED) is 0.601. The number of carbonyl (C=O) groups is 1. The summed E-state index contributed by atoms with van der Waals surface area (Å²) in [7, 11) is -2.39. The van der Waals surface area contributed by atoms with Gasteiger partial charge in [0.15, 0.2) is 0 Å². The van der Waals surface area contributed by atoms with E-state index in [1.165, 1.54) is 35.9 Å². The minimum Gasteiger partial charge on any atom is -0.496 e. The number of piperazine rings is 1. The molecular weight excluding hydrogens is 420 g/mol. The molecule has 2 N–H and O–H groups in total. The summed E-state index contributed by atoms with van der Waals surface area (Å²) in [5, 5.41) is 0. The number of primary amides is 1. The van der Waals surface area contributed by atoms with Gasteiger partial charge in [-0.2, -0.15) is 4.31 Å². The Hall–Kier alpha value is -3.44. The number of rotatable bonds is 6. The van der Waals surface area contributed by atoms with Crippen molar-refractivity contribution >= 4 is 21.7 Å². The van der Waals surface area contributed by atoms with Gasteiger partial charge in [-0.25, -0.2) is 18.4 Å². The van der Waals surface area contributed by atoms with E-state index in [0.29, 0.717) is 13.1 Å². The third-order valence-corrected chi connectivity index (χ3v) is 7.04. The number of sulfonamides is 1. The second-order valence-electron chi connectivity index (χ2n) is 6.94. The minimum atomic E-state index is -3.79. The van der Waals surface area contributed by atoms with Gasteiger partial charge in [0, 0.05) is 44.6 Å². The second-order valence-corrected chi connectivity index (χ2v) is 8.88. The van der Waals surface area contributed by atoms with E-state index in [2.05, 4.69) is 9.97 Å². The average molecular weight is 443 g/mol. The highest BCUT2D eigenvalue weighted by molar-refractivity contribution is 7.89. The van der Waals surface area contributed by atoms with E-state index in [-0.39, 0.29) is 29.3 Å². The van der Waals surface area contributed by atoms with Crippen LogP contribution in [-0.4, -0.2) is 66.5 Å². The molecule has 10 nitrogen and oxygen atoms in total. The predicted octanol–water partition coefficient (Wildman–Crippen LogP) is 0.886. The van der Waals surface area contributed by atoms with Gasteiger partial charge in [0.2, 0.25) is 10.0 Å². The fourth-order valence-electron chi connectivity index (χ4n) is 3.49. The summed E-state index contributed by atoms with van der Waals surface area (Å²) in [6.07, 6.45) is 5.29. The Bertz CT molecular complexity index is 1190. The zero-order chi connectivity index (χ0) is 22.0. The zero-order valence-electron chi connectivity index (χ0n) is 16.9. The van der Waals surface area contributed by atoms with E-state index in [9.17, 15) is 13.2 Å². The number of carbonyl (C=O) groups excluding carboxylic acids is 1. The molecule has 4 rings (SSSR count). The summed E-state index contributed by atoms with van der Waals surface area (Å²) < 4.78 is 34.6. The molecular formula is C20H22N6O4S. The van der Waals surface area contributed by atoms with Gasteiger partial charge in [-0.05, 0) is 30.3 Å². The number of amides is 1. The molecule has 31 heavy (non-hydrogen) atoms. The van der Waals surface area contributed by atoms with Crippen LogP contribution in [0.2, 0.25) is 0 Å². The molecule has 0 radical (unpaired) electrons. The van der Waals surface area contributed by atoms with Crippen LogP contribution in [0.3, 0.4) is 0 Å². The summed E-state index contributed by atoms with van der Waals surface area (Å²) in [5.74, 6) is 0.956. The Kier molecular flexibility index (Phi) is 5.61. The smallest absolute Gasteiger partial charge is 0.252 e. The molecule has 1 amide bonds. The number of ether oxygens (including phenoxy) is 1. The number of methoxy groups -OCH3 is 1. The lowest BCUT2D eigenvalue weighted by Gasteiger charge is -2.34. The first-order valence-electron chi connectivity index (χ1n) is 9.58. The number of hydrogen-bond donors (Lipinski definition) is 1. The van der Waals surface area contributed by atoms with Crippen molar-refractivity contribution in [3.8, 4) is 11.6 Å². The number of benzene rings is 1. The van der Waals surface area contributed by atoms with Crippen LogP contribution in [0.1, 0.15) is 10.4 Å². The van der Waals surface area contributed by atoms with Crippen molar-refractivity contribution in [1.29, 1.82) is 0 Å². The lowest BCUT2D eigenvalue weighted by molar-refractivity contribution is 0.0997. The standard InChI is InChI=1S/C20H22N6O4S/c1-30-17-5-4-15(12-16(17)20(21)27)31(28,29)26-10-8-25(9-11-26)19-13-18(22-14-23-19)24-6-2-3-7-24/h2-7,12-14H,8-11H2,1H3,(H2,21,27). The predicted molar refractivity (Wildman–Crippen MR) is 114 cm³/mol. The molecule has 2 aromatic heterocycles. The molecule has 1 fully saturated rings. The van der Waals surface area contributed by atoms with Crippen molar-refractivity contribution in [1.82, 2.24) is 18.8 Å². The third kappa shape index (κ3) is 4.09. The first kappa shape index (κ1) is 20.8. The first-order valence-corrected chi connectivity index (χ1v) is 11.0. The highest BCUT2D eigenvalue weighted by Crippen LogP contribution is 2.26. The van der Waals surface area contributed by atoms with Crippen molar-refractivity contribution in [2.45, 2.75) is 4.90 Å². The first-order chi connectivity index (χ1) is 14.9. The minimum absolute atomic E-state index is 0.00693. The molecule has 1 aliphatic rings. The maximum Gasteiger partial charge on any atom is 0.252 e. The van der Waals surface area contributed by atoms with Crippen LogP contribution >= 0.6 is 0 Å². The summed E-state index contributed by atoms with van der Waals surface area (Å²) in [5.41, 5.74) is 5.39. The van der Waals surface area contributed by atoms with Gasteiger partial charge in [-0.1, -0.05) is 0 Å².